The van der Waals surface area contributed by atoms with Crippen molar-refractivity contribution < 1.29 is 14.6 Å². The Hall–Kier alpha value is -3.62. The standard InChI is InChI=1S/C29H36N4O5/c1-38-28(36)25(16-19-17-30-24-15-9-8-14-22(19)24)31-18-23-26(34)32(20-10-4-2-5-11-20)29(37)33(27(23)35)21-12-6-3-7-13-21/h8-9,14-15,17-18,20-21,25,30,34H,2-7,10-13,16H2,1H3. The highest BCUT2D eigenvalue weighted by atomic mass is 16.5. The first-order chi connectivity index (χ1) is 18.5. The van der Waals surface area contributed by atoms with Crippen LogP contribution in [0.3, 0.4) is 0 Å². The van der Waals surface area contributed by atoms with Crippen LogP contribution in [0.4, 0.5) is 0 Å². The van der Waals surface area contributed by atoms with E-state index in [9.17, 15) is 19.5 Å². The number of aliphatic imine (C=N–C) groups is 1. The molecule has 5 rings (SSSR count). The Morgan fingerprint density at radius 2 is 1.68 bits per heavy atom. The molecule has 3 aromatic rings. The van der Waals surface area contributed by atoms with Gasteiger partial charge in [0.15, 0.2) is 6.04 Å². The molecule has 2 N–H and O–H groups in total. The fourth-order valence-electron chi connectivity index (χ4n) is 6.10. The highest BCUT2D eigenvalue weighted by Crippen LogP contribution is 2.32. The van der Waals surface area contributed by atoms with Crippen LogP contribution in [0.2, 0.25) is 0 Å². The van der Waals surface area contributed by atoms with Crippen LogP contribution < -0.4 is 11.2 Å². The molecule has 9 heteroatoms. The summed E-state index contributed by atoms with van der Waals surface area (Å²) in [7, 11) is 1.30. The third-order valence-electron chi connectivity index (χ3n) is 8.16. The Kier molecular flexibility index (Phi) is 7.81. The summed E-state index contributed by atoms with van der Waals surface area (Å²) in [5.74, 6) is -0.905. The summed E-state index contributed by atoms with van der Waals surface area (Å²) in [4.78, 5) is 47.7. The van der Waals surface area contributed by atoms with Crippen molar-refractivity contribution in [1.82, 2.24) is 14.1 Å². The number of nitrogens with zero attached hydrogens (tertiary/aromatic N) is 3. The molecule has 0 saturated heterocycles. The Labute approximate surface area is 221 Å². The van der Waals surface area contributed by atoms with Gasteiger partial charge in [-0.2, -0.15) is 0 Å². The average molecular weight is 521 g/mol. The number of para-hydroxylation sites is 1. The predicted molar refractivity (Wildman–Crippen MR) is 146 cm³/mol. The van der Waals surface area contributed by atoms with Crippen LogP contribution in [-0.4, -0.2) is 44.6 Å². The van der Waals surface area contributed by atoms with Gasteiger partial charge in [0.1, 0.15) is 5.56 Å². The second-order valence-electron chi connectivity index (χ2n) is 10.5. The smallest absolute Gasteiger partial charge is 0.334 e. The fourth-order valence-corrected chi connectivity index (χ4v) is 6.10. The normalized spacial score (nSPS) is 18.2. The lowest BCUT2D eigenvalue weighted by molar-refractivity contribution is -0.142. The number of carbonyl (C=O) groups is 1. The van der Waals surface area contributed by atoms with Gasteiger partial charge >= 0.3 is 11.7 Å². The minimum Gasteiger partial charge on any atom is -0.494 e. The van der Waals surface area contributed by atoms with Crippen molar-refractivity contribution in [2.24, 2.45) is 4.99 Å². The van der Waals surface area contributed by atoms with Crippen LogP contribution in [0, 0.1) is 0 Å². The maximum atomic E-state index is 13.7. The Morgan fingerprint density at radius 3 is 2.34 bits per heavy atom. The zero-order chi connectivity index (χ0) is 26.6. The molecule has 9 nitrogen and oxygen atoms in total. The van der Waals surface area contributed by atoms with E-state index in [1.54, 1.807) is 0 Å². The van der Waals surface area contributed by atoms with Gasteiger partial charge in [-0.15, -0.1) is 0 Å². The Balaban J connectivity index is 1.57. The van der Waals surface area contributed by atoms with Gasteiger partial charge in [0.05, 0.1) is 7.11 Å². The maximum absolute atomic E-state index is 13.7. The lowest BCUT2D eigenvalue weighted by Crippen LogP contribution is -2.45. The molecule has 2 heterocycles. The predicted octanol–water partition coefficient (Wildman–Crippen LogP) is 4.41. The Morgan fingerprint density at radius 1 is 1.05 bits per heavy atom. The van der Waals surface area contributed by atoms with Gasteiger partial charge in [-0.1, -0.05) is 56.7 Å². The number of ether oxygens (including phenoxy) is 1. The van der Waals surface area contributed by atoms with E-state index in [0.717, 1.165) is 80.7 Å². The van der Waals surface area contributed by atoms with E-state index in [4.69, 9.17) is 4.74 Å². The lowest BCUT2D eigenvalue weighted by atomic mass is 9.94. The molecule has 0 aliphatic heterocycles. The van der Waals surface area contributed by atoms with E-state index >= 15 is 0 Å². The number of nitrogens with one attached hydrogen (secondary N) is 1. The first-order valence-corrected chi connectivity index (χ1v) is 13.8. The summed E-state index contributed by atoms with van der Waals surface area (Å²) in [6.45, 7) is 0. The molecule has 1 aromatic carbocycles. The number of fused-ring (bicyclic) bond motifs is 1. The number of benzene rings is 1. The molecular weight excluding hydrogens is 484 g/mol. The average Bonchev–Trinajstić information content (AvgIpc) is 3.36. The molecule has 1 unspecified atom stereocenters. The van der Waals surface area contributed by atoms with E-state index < -0.39 is 23.3 Å². The van der Waals surface area contributed by atoms with Crippen molar-refractivity contribution in [3.8, 4) is 5.88 Å². The number of hydrogen-bond donors (Lipinski definition) is 2. The number of esters is 1. The largest absolute Gasteiger partial charge is 0.494 e. The van der Waals surface area contributed by atoms with Gasteiger partial charge < -0.3 is 14.8 Å². The monoisotopic (exact) mass is 520 g/mol. The number of aromatic nitrogens is 3. The van der Waals surface area contributed by atoms with E-state index in [2.05, 4.69) is 9.98 Å². The van der Waals surface area contributed by atoms with Gasteiger partial charge in [-0.25, -0.2) is 9.59 Å². The molecule has 2 saturated carbocycles. The lowest BCUT2D eigenvalue weighted by Gasteiger charge is -2.29. The van der Waals surface area contributed by atoms with Crippen molar-refractivity contribution in [1.29, 1.82) is 0 Å². The number of aromatic hydroxyl groups is 1. The number of carbonyl (C=O) groups excluding carboxylic acids is 1. The zero-order valence-electron chi connectivity index (χ0n) is 21.9. The first-order valence-electron chi connectivity index (χ1n) is 13.8. The van der Waals surface area contributed by atoms with E-state index in [0.29, 0.717) is 0 Å². The van der Waals surface area contributed by atoms with Crippen LogP contribution in [-0.2, 0) is 16.0 Å². The molecule has 0 bridgehead atoms. The summed E-state index contributed by atoms with van der Waals surface area (Å²) in [5, 5.41) is 12.2. The number of hydrogen-bond acceptors (Lipinski definition) is 6. The zero-order valence-corrected chi connectivity index (χ0v) is 21.9. The summed E-state index contributed by atoms with van der Waals surface area (Å²) in [6, 6.07) is 6.49. The van der Waals surface area contributed by atoms with Crippen molar-refractivity contribution in [2.45, 2.75) is 88.8 Å². The minimum absolute atomic E-state index is 0.0476. The molecule has 2 aromatic heterocycles. The molecule has 2 aliphatic carbocycles. The molecule has 2 aliphatic rings. The highest BCUT2D eigenvalue weighted by molar-refractivity contribution is 5.87. The number of aromatic amines is 1. The Bertz CT molecular complexity index is 1440. The van der Waals surface area contributed by atoms with Crippen LogP contribution in [0.25, 0.3) is 10.9 Å². The SMILES string of the molecule is COC(=O)C(Cc1c[nH]c2ccccc12)N=Cc1c(O)n(C2CCCCC2)c(=O)n(C2CCCCC2)c1=O. The molecule has 202 valence electrons. The summed E-state index contributed by atoms with van der Waals surface area (Å²) < 4.78 is 7.76. The highest BCUT2D eigenvalue weighted by Gasteiger charge is 2.29. The van der Waals surface area contributed by atoms with Gasteiger partial charge in [-0.3, -0.25) is 18.9 Å². The molecule has 0 amide bonds. The second-order valence-corrected chi connectivity index (χ2v) is 10.5. The summed E-state index contributed by atoms with van der Waals surface area (Å²) in [6.07, 6.45) is 12.5. The topological polar surface area (TPSA) is 119 Å². The molecule has 0 radical (unpaired) electrons. The van der Waals surface area contributed by atoms with Crippen molar-refractivity contribution in [3.63, 3.8) is 0 Å². The first kappa shape index (κ1) is 26.0. The fraction of sp³-hybridized carbons (Fsp3) is 0.517. The van der Waals surface area contributed by atoms with Crippen molar-refractivity contribution >= 4 is 23.1 Å². The van der Waals surface area contributed by atoms with Crippen molar-refractivity contribution in [3.05, 3.63) is 62.4 Å². The number of methoxy groups -OCH3 is 1. The van der Waals surface area contributed by atoms with Crippen LogP contribution in [0.5, 0.6) is 5.88 Å². The molecule has 0 spiro atoms. The van der Waals surface area contributed by atoms with E-state index in [1.165, 1.54) is 22.5 Å². The number of rotatable bonds is 7. The quantitative estimate of drug-likeness (QED) is 0.353. The second kappa shape index (κ2) is 11.4. The minimum atomic E-state index is -0.920. The van der Waals surface area contributed by atoms with E-state index in [1.807, 2.05) is 30.5 Å². The molecule has 38 heavy (non-hydrogen) atoms. The molecular formula is C29H36N4O5. The third kappa shape index (κ3) is 5.06. The van der Waals surface area contributed by atoms with Crippen LogP contribution >= 0.6 is 0 Å². The maximum Gasteiger partial charge on any atom is 0.334 e. The van der Waals surface area contributed by atoms with Gasteiger partial charge in [0, 0.05) is 41.8 Å². The summed E-state index contributed by atoms with van der Waals surface area (Å²) in [5.41, 5.74) is 0.804. The summed E-state index contributed by atoms with van der Waals surface area (Å²) >= 11 is 0. The van der Waals surface area contributed by atoms with Crippen molar-refractivity contribution in [2.75, 3.05) is 7.11 Å². The van der Waals surface area contributed by atoms with Crippen LogP contribution in [0.1, 0.15) is 87.4 Å². The number of H-pyrrole nitrogens is 1. The van der Waals surface area contributed by atoms with Crippen LogP contribution in [0.15, 0.2) is 45.0 Å². The van der Waals surface area contributed by atoms with Gasteiger partial charge in [0.2, 0.25) is 5.88 Å². The molecule has 2 fully saturated rings. The van der Waals surface area contributed by atoms with Gasteiger partial charge in [-0.05, 0) is 37.3 Å². The molecule has 1 atom stereocenters. The van der Waals surface area contributed by atoms with E-state index in [-0.39, 0.29) is 29.9 Å². The van der Waals surface area contributed by atoms with Gasteiger partial charge in [0.25, 0.3) is 5.56 Å². The third-order valence-corrected chi connectivity index (χ3v) is 8.16.